The predicted octanol–water partition coefficient (Wildman–Crippen LogP) is 2.48. The van der Waals surface area contributed by atoms with Crippen LogP contribution in [-0.4, -0.2) is 28.2 Å². The van der Waals surface area contributed by atoms with Crippen molar-refractivity contribution in [1.82, 2.24) is 10.2 Å². The fraction of sp³-hybridized carbons (Fsp3) is 0.231. The molecule has 0 aliphatic heterocycles. The van der Waals surface area contributed by atoms with Gasteiger partial charge in [0.1, 0.15) is 5.75 Å². The first-order chi connectivity index (χ1) is 8.74. The first-order valence-corrected chi connectivity index (χ1v) is 5.60. The summed E-state index contributed by atoms with van der Waals surface area (Å²) in [5.74, 6) is 0.781. The summed E-state index contributed by atoms with van der Waals surface area (Å²) in [5, 5.41) is 18.9. The van der Waals surface area contributed by atoms with Crippen LogP contribution in [0.1, 0.15) is 12.6 Å². The van der Waals surface area contributed by atoms with E-state index in [0.29, 0.717) is 12.1 Å². The van der Waals surface area contributed by atoms with Gasteiger partial charge < -0.3 is 9.94 Å². The lowest BCUT2D eigenvalue weighted by atomic mass is 10.1. The molecule has 5 nitrogen and oxygen atoms in total. The number of ether oxygens (including phenoxy) is 1. The number of benzene rings is 1. The van der Waals surface area contributed by atoms with Gasteiger partial charge in [-0.1, -0.05) is 17.3 Å². The van der Waals surface area contributed by atoms with Crippen molar-refractivity contribution in [3.8, 4) is 17.0 Å². The molecule has 0 aliphatic rings. The fourth-order valence-electron chi connectivity index (χ4n) is 1.76. The van der Waals surface area contributed by atoms with Crippen LogP contribution in [-0.2, 0) is 6.42 Å². The second-order valence-corrected chi connectivity index (χ2v) is 3.99. The smallest absolute Gasteiger partial charge is 0.128 e. The Morgan fingerprint density at radius 1 is 1.44 bits per heavy atom. The summed E-state index contributed by atoms with van der Waals surface area (Å²) in [4.78, 5) is 0. The minimum absolute atomic E-state index is 0.540. The van der Waals surface area contributed by atoms with Gasteiger partial charge in [0.15, 0.2) is 0 Å². The summed E-state index contributed by atoms with van der Waals surface area (Å²) < 4.78 is 5.29. The number of hydrogen-bond acceptors (Lipinski definition) is 4. The van der Waals surface area contributed by atoms with E-state index in [0.717, 1.165) is 22.7 Å². The normalized spacial score (nSPS) is 11.6. The molecule has 0 unspecified atom stereocenters. The molecule has 0 fully saturated rings. The van der Waals surface area contributed by atoms with Gasteiger partial charge in [0.25, 0.3) is 0 Å². The molecule has 94 valence electrons. The molecule has 5 heteroatoms. The third-order valence-electron chi connectivity index (χ3n) is 2.63. The van der Waals surface area contributed by atoms with Gasteiger partial charge in [-0.2, -0.15) is 5.10 Å². The van der Waals surface area contributed by atoms with Crippen molar-refractivity contribution >= 4 is 5.71 Å². The van der Waals surface area contributed by atoms with E-state index in [9.17, 15) is 0 Å². The minimum atomic E-state index is 0.540. The average Bonchev–Trinajstić information content (AvgIpc) is 2.86. The number of rotatable bonds is 4. The topological polar surface area (TPSA) is 70.5 Å². The zero-order valence-electron chi connectivity index (χ0n) is 10.3. The van der Waals surface area contributed by atoms with Crippen LogP contribution >= 0.6 is 0 Å². The lowest BCUT2D eigenvalue weighted by molar-refractivity contribution is 0.317. The number of para-hydroxylation sites is 1. The molecule has 1 heterocycles. The average molecular weight is 245 g/mol. The van der Waals surface area contributed by atoms with E-state index in [4.69, 9.17) is 9.94 Å². The van der Waals surface area contributed by atoms with Crippen molar-refractivity contribution in [3.05, 3.63) is 36.0 Å². The Morgan fingerprint density at radius 3 is 2.94 bits per heavy atom. The van der Waals surface area contributed by atoms with Crippen molar-refractivity contribution in [3.63, 3.8) is 0 Å². The molecule has 1 aromatic carbocycles. The highest BCUT2D eigenvalue weighted by atomic mass is 16.5. The highest BCUT2D eigenvalue weighted by molar-refractivity contribution is 5.83. The van der Waals surface area contributed by atoms with Gasteiger partial charge in [0.2, 0.25) is 0 Å². The predicted molar refractivity (Wildman–Crippen MR) is 69.2 cm³/mol. The van der Waals surface area contributed by atoms with E-state index < -0.39 is 0 Å². The van der Waals surface area contributed by atoms with E-state index in [1.54, 1.807) is 14.0 Å². The highest BCUT2D eigenvalue weighted by Crippen LogP contribution is 2.28. The third kappa shape index (κ3) is 2.51. The number of aromatic nitrogens is 2. The Balaban J connectivity index is 2.29. The molecule has 0 radical (unpaired) electrons. The monoisotopic (exact) mass is 245 g/mol. The minimum Gasteiger partial charge on any atom is -0.496 e. The molecular formula is C13H15N3O2. The summed E-state index contributed by atoms with van der Waals surface area (Å²) >= 11 is 0. The Bertz CT molecular complexity index is 561. The number of nitrogens with zero attached hydrogens (tertiary/aromatic N) is 2. The van der Waals surface area contributed by atoms with Crippen LogP contribution in [0.3, 0.4) is 0 Å². The maximum absolute atomic E-state index is 8.64. The standard InChI is InChI=1S/C13H15N3O2/c1-9(16-17)7-10-8-12(15-14-10)11-5-3-4-6-13(11)18-2/h3-6,8,17H,7H2,1-2H3,(H,14,15). The second kappa shape index (κ2) is 5.35. The number of hydrogen-bond donors (Lipinski definition) is 2. The van der Waals surface area contributed by atoms with E-state index >= 15 is 0 Å². The number of aromatic amines is 1. The van der Waals surface area contributed by atoms with Crippen molar-refractivity contribution in [2.45, 2.75) is 13.3 Å². The van der Waals surface area contributed by atoms with Gasteiger partial charge in [-0.3, -0.25) is 5.10 Å². The molecule has 2 rings (SSSR count). The van der Waals surface area contributed by atoms with E-state index in [-0.39, 0.29) is 0 Å². The highest BCUT2D eigenvalue weighted by Gasteiger charge is 2.09. The quantitative estimate of drug-likeness (QED) is 0.494. The molecule has 2 aromatic rings. The third-order valence-corrected chi connectivity index (χ3v) is 2.63. The summed E-state index contributed by atoms with van der Waals surface area (Å²) in [6.45, 7) is 1.75. The Kier molecular flexibility index (Phi) is 3.62. The second-order valence-electron chi connectivity index (χ2n) is 3.99. The van der Waals surface area contributed by atoms with E-state index in [1.165, 1.54) is 0 Å². The van der Waals surface area contributed by atoms with E-state index in [2.05, 4.69) is 15.4 Å². The Morgan fingerprint density at radius 2 is 2.22 bits per heavy atom. The van der Waals surface area contributed by atoms with Gasteiger partial charge >= 0.3 is 0 Å². The molecule has 0 saturated heterocycles. The Hall–Kier alpha value is -2.30. The van der Waals surface area contributed by atoms with Crippen LogP contribution in [0.4, 0.5) is 0 Å². The maximum Gasteiger partial charge on any atom is 0.128 e. The van der Waals surface area contributed by atoms with Crippen molar-refractivity contribution < 1.29 is 9.94 Å². The number of oxime groups is 1. The van der Waals surface area contributed by atoms with Gasteiger partial charge in [0, 0.05) is 17.7 Å². The van der Waals surface area contributed by atoms with Gasteiger partial charge in [0.05, 0.1) is 18.5 Å². The molecular weight excluding hydrogens is 230 g/mol. The number of methoxy groups -OCH3 is 1. The van der Waals surface area contributed by atoms with Gasteiger partial charge in [-0.25, -0.2) is 0 Å². The number of H-pyrrole nitrogens is 1. The zero-order valence-corrected chi connectivity index (χ0v) is 10.3. The van der Waals surface area contributed by atoms with E-state index in [1.807, 2.05) is 30.3 Å². The Labute approximate surface area is 105 Å². The fourth-order valence-corrected chi connectivity index (χ4v) is 1.76. The van der Waals surface area contributed by atoms with Crippen LogP contribution in [0.25, 0.3) is 11.3 Å². The van der Waals surface area contributed by atoms with Crippen LogP contribution in [0.5, 0.6) is 5.75 Å². The SMILES string of the molecule is COc1ccccc1-c1cc(CC(C)=NO)[nH]n1. The van der Waals surface area contributed by atoms with Crippen molar-refractivity contribution in [1.29, 1.82) is 0 Å². The lowest BCUT2D eigenvalue weighted by Crippen LogP contribution is -1.97. The van der Waals surface area contributed by atoms with Crippen molar-refractivity contribution in [2.24, 2.45) is 5.16 Å². The van der Waals surface area contributed by atoms with Crippen LogP contribution in [0.15, 0.2) is 35.5 Å². The first kappa shape index (κ1) is 12.2. The first-order valence-electron chi connectivity index (χ1n) is 5.60. The maximum atomic E-state index is 8.64. The molecule has 18 heavy (non-hydrogen) atoms. The summed E-state index contributed by atoms with van der Waals surface area (Å²) in [6, 6.07) is 9.62. The molecule has 0 bridgehead atoms. The number of nitrogens with one attached hydrogen (secondary N) is 1. The molecule has 2 N–H and O–H groups in total. The van der Waals surface area contributed by atoms with Crippen LogP contribution in [0.2, 0.25) is 0 Å². The van der Waals surface area contributed by atoms with Crippen molar-refractivity contribution in [2.75, 3.05) is 7.11 Å². The van der Waals surface area contributed by atoms with Crippen LogP contribution in [0, 0.1) is 0 Å². The molecule has 0 atom stereocenters. The van der Waals surface area contributed by atoms with Gasteiger partial charge in [-0.15, -0.1) is 0 Å². The largest absolute Gasteiger partial charge is 0.496 e. The lowest BCUT2D eigenvalue weighted by Gasteiger charge is -2.04. The molecule has 0 aliphatic carbocycles. The summed E-state index contributed by atoms with van der Waals surface area (Å²) in [5.41, 5.74) is 3.27. The molecule has 0 amide bonds. The van der Waals surface area contributed by atoms with Gasteiger partial charge in [-0.05, 0) is 25.1 Å². The summed E-state index contributed by atoms with van der Waals surface area (Å²) in [6.07, 6.45) is 0.540. The molecule has 0 spiro atoms. The van der Waals surface area contributed by atoms with Crippen LogP contribution < -0.4 is 4.74 Å². The zero-order chi connectivity index (χ0) is 13.0. The molecule has 0 saturated carbocycles. The molecule has 1 aromatic heterocycles. The summed E-state index contributed by atoms with van der Waals surface area (Å²) in [7, 11) is 1.63.